The van der Waals surface area contributed by atoms with Crippen molar-refractivity contribution in [2.75, 3.05) is 51.5 Å². The third kappa shape index (κ3) is 6.04. The van der Waals surface area contributed by atoms with Gasteiger partial charge >= 0.3 is 0 Å². The molecule has 2 fully saturated rings. The van der Waals surface area contributed by atoms with Crippen molar-refractivity contribution in [3.63, 3.8) is 0 Å². The number of nitrogens with zero attached hydrogens (tertiary/aromatic N) is 5. The Morgan fingerprint density at radius 1 is 1.07 bits per heavy atom. The van der Waals surface area contributed by atoms with Crippen molar-refractivity contribution >= 4 is 65.7 Å². The predicted molar refractivity (Wildman–Crippen MR) is 162 cm³/mol. The van der Waals surface area contributed by atoms with Crippen molar-refractivity contribution in [1.82, 2.24) is 29.4 Å². The van der Waals surface area contributed by atoms with Gasteiger partial charge in [0.2, 0.25) is 5.91 Å². The lowest BCUT2D eigenvalue weighted by Crippen LogP contribution is -2.59. The molecule has 1 amide bonds. The fraction of sp³-hybridized carbons (Fsp3) is 0.393. The van der Waals surface area contributed by atoms with Crippen molar-refractivity contribution < 1.29 is 13.2 Å². The molecule has 6 rings (SSSR count). The molecule has 4 heterocycles. The zero-order valence-electron chi connectivity index (χ0n) is 22.5. The first-order valence-corrected chi connectivity index (χ1v) is 16.3. The Kier molecular flexibility index (Phi) is 8.12. The minimum absolute atomic E-state index is 0.0651. The number of nitrogens with one attached hydrogen (secondary N) is 1. The molecule has 0 aliphatic carbocycles. The molecular formula is C28H32ClN7O3S2. The molecule has 0 radical (unpaired) electrons. The van der Waals surface area contributed by atoms with Crippen molar-refractivity contribution in [3.8, 4) is 0 Å². The largest absolute Gasteiger partial charge is 0.383 e. The van der Waals surface area contributed by atoms with E-state index in [1.165, 1.54) is 34.8 Å². The fourth-order valence-corrected chi connectivity index (χ4v) is 8.87. The van der Waals surface area contributed by atoms with Gasteiger partial charge in [0.1, 0.15) is 22.4 Å². The molecule has 2 aromatic heterocycles. The van der Waals surface area contributed by atoms with Crippen LogP contribution in [0.5, 0.6) is 0 Å². The standard InChI is InChI=1S/C28H32ClN7O3S2/c29-21-5-4-20-14-26(40-25(20)15-21)41(38,39)36-12-11-35(16-19-3-6-22-23(13-19)32-18-33-27(22)30)24(17-36)28(37)31-7-10-34-8-1-2-9-34/h3-6,13-15,18,24H,1-2,7-12,16-17H2,(H,31,37)(H2,30,32,33). The van der Waals surface area contributed by atoms with Gasteiger partial charge in [0.05, 0.1) is 5.52 Å². The van der Waals surface area contributed by atoms with Crippen LogP contribution < -0.4 is 11.1 Å². The summed E-state index contributed by atoms with van der Waals surface area (Å²) in [5, 5.41) is 5.24. The van der Waals surface area contributed by atoms with Gasteiger partial charge in [-0.25, -0.2) is 18.4 Å². The maximum atomic E-state index is 13.8. The highest BCUT2D eigenvalue weighted by Gasteiger charge is 2.38. The van der Waals surface area contributed by atoms with Crippen molar-refractivity contribution in [3.05, 3.63) is 59.4 Å². The third-order valence-electron chi connectivity index (χ3n) is 7.85. The van der Waals surface area contributed by atoms with Gasteiger partial charge in [0.15, 0.2) is 0 Å². The summed E-state index contributed by atoms with van der Waals surface area (Å²) in [5.74, 6) is 0.249. The second-order valence-corrected chi connectivity index (χ2v) is 14.2. The summed E-state index contributed by atoms with van der Waals surface area (Å²) in [6.45, 7) is 4.63. The SMILES string of the molecule is Nc1ncnc2cc(CN3CCN(S(=O)(=O)c4cc5ccc(Cl)cc5s4)CC3C(=O)NCCN3CCCC3)ccc12. The van der Waals surface area contributed by atoms with Gasteiger partial charge < -0.3 is 16.0 Å². The number of halogens is 1. The van der Waals surface area contributed by atoms with Gasteiger partial charge in [0, 0.05) is 54.4 Å². The summed E-state index contributed by atoms with van der Waals surface area (Å²) < 4.78 is 30.0. The highest BCUT2D eigenvalue weighted by atomic mass is 35.5. The van der Waals surface area contributed by atoms with E-state index in [1.54, 1.807) is 18.2 Å². The number of sulfonamides is 1. The molecule has 0 bridgehead atoms. The fourth-order valence-electron chi connectivity index (χ4n) is 5.60. The Bertz CT molecular complexity index is 1690. The number of benzene rings is 2. The molecule has 2 aliphatic heterocycles. The molecule has 216 valence electrons. The van der Waals surface area contributed by atoms with Crippen LogP contribution in [0.2, 0.25) is 5.02 Å². The Balaban J connectivity index is 1.23. The van der Waals surface area contributed by atoms with Crippen LogP contribution in [-0.2, 0) is 21.4 Å². The first-order chi connectivity index (χ1) is 19.8. The number of carbonyl (C=O) groups is 1. The molecule has 4 aromatic rings. The second kappa shape index (κ2) is 11.8. The number of carbonyl (C=O) groups excluding carboxylic acids is 1. The minimum Gasteiger partial charge on any atom is -0.383 e. The summed E-state index contributed by atoms with van der Waals surface area (Å²) >= 11 is 7.33. The molecule has 0 spiro atoms. The molecule has 2 aliphatic rings. The topological polar surface area (TPSA) is 125 Å². The number of nitrogens with two attached hydrogens (primary N) is 1. The molecule has 0 saturated carbocycles. The van der Waals surface area contributed by atoms with Crippen LogP contribution in [0.3, 0.4) is 0 Å². The average Bonchev–Trinajstić information content (AvgIpc) is 3.63. The van der Waals surface area contributed by atoms with E-state index < -0.39 is 16.1 Å². The summed E-state index contributed by atoms with van der Waals surface area (Å²) in [6.07, 6.45) is 3.80. The molecule has 41 heavy (non-hydrogen) atoms. The van der Waals surface area contributed by atoms with Crippen LogP contribution in [0.4, 0.5) is 5.82 Å². The smallest absolute Gasteiger partial charge is 0.252 e. The molecular weight excluding hydrogens is 582 g/mol. The number of hydrogen-bond donors (Lipinski definition) is 2. The van der Waals surface area contributed by atoms with E-state index in [1.807, 2.05) is 29.2 Å². The Morgan fingerprint density at radius 3 is 2.73 bits per heavy atom. The summed E-state index contributed by atoms with van der Waals surface area (Å²) in [4.78, 5) is 26.4. The number of thiophene rings is 1. The van der Waals surface area contributed by atoms with Crippen LogP contribution in [-0.4, -0.2) is 90.3 Å². The average molecular weight is 614 g/mol. The van der Waals surface area contributed by atoms with Gasteiger partial charge in [-0.1, -0.05) is 23.7 Å². The molecule has 1 atom stereocenters. The maximum Gasteiger partial charge on any atom is 0.252 e. The third-order valence-corrected chi connectivity index (χ3v) is 11.5. The van der Waals surface area contributed by atoms with Gasteiger partial charge in [-0.05, 0) is 67.2 Å². The molecule has 13 heteroatoms. The van der Waals surface area contributed by atoms with E-state index >= 15 is 0 Å². The lowest BCUT2D eigenvalue weighted by Gasteiger charge is -2.39. The predicted octanol–water partition coefficient (Wildman–Crippen LogP) is 3.17. The van der Waals surface area contributed by atoms with E-state index in [0.717, 1.165) is 46.2 Å². The quantitative estimate of drug-likeness (QED) is 0.311. The monoisotopic (exact) mass is 613 g/mol. The Morgan fingerprint density at radius 2 is 1.90 bits per heavy atom. The zero-order chi connectivity index (χ0) is 28.6. The summed E-state index contributed by atoms with van der Waals surface area (Å²) in [6, 6.07) is 12.2. The Labute approximate surface area is 248 Å². The van der Waals surface area contributed by atoms with Crippen LogP contribution in [0, 0.1) is 0 Å². The van der Waals surface area contributed by atoms with E-state index in [4.69, 9.17) is 17.3 Å². The number of piperazine rings is 1. The zero-order valence-corrected chi connectivity index (χ0v) is 24.9. The van der Waals surface area contributed by atoms with E-state index in [9.17, 15) is 13.2 Å². The molecule has 2 aromatic carbocycles. The number of aromatic nitrogens is 2. The van der Waals surface area contributed by atoms with E-state index in [0.29, 0.717) is 30.5 Å². The van der Waals surface area contributed by atoms with Gasteiger partial charge in [-0.15, -0.1) is 11.3 Å². The van der Waals surface area contributed by atoms with E-state index in [2.05, 4.69) is 20.2 Å². The van der Waals surface area contributed by atoms with Crippen molar-refractivity contribution in [2.45, 2.75) is 29.6 Å². The first-order valence-electron chi connectivity index (χ1n) is 13.7. The van der Waals surface area contributed by atoms with Crippen molar-refractivity contribution in [2.24, 2.45) is 0 Å². The number of rotatable bonds is 8. The molecule has 3 N–H and O–H groups in total. The lowest BCUT2D eigenvalue weighted by atomic mass is 10.1. The van der Waals surface area contributed by atoms with E-state index in [-0.39, 0.29) is 23.2 Å². The maximum absolute atomic E-state index is 13.8. The molecule has 10 nitrogen and oxygen atoms in total. The number of likely N-dealkylation sites (tertiary alicyclic amines) is 1. The molecule has 1 unspecified atom stereocenters. The highest BCUT2D eigenvalue weighted by molar-refractivity contribution is 7.91. The first kappa shape index (κ1) is 28.3. The number of anilines is 1. The van der Waals surface area contributed by atoms with Crippen molar-refractivity contribution in [1.29, 1.82) is 0 Å². The normalized spacial score (nSPS) is 19.3. The van der Waals surface area contributed by atoms with Gasteiger partial charge in [-0.2, -0.15) is 4.31 Å². The van der Waals surface area contributed by atoms with Crippen LogP contribution in [0.15, 0.2) is 53.0 Å². The summed E-state index contributed by atoms with van der Waals surface area (Å²) in [7, 11) is -3.80. The number of fused-ring (bicyclic) bond motifs is 2. The minimum atomic E-state index is -3.80. The Hall–Kier alpha value is -2.87. The number of hydrogen-bond acceptors (Lipinski definition) is 9. The highest BCUT2D eigenvalue weighted by Crippen LogP contribution is 2.33. The van der Waals surface area contributed by atoms with Gasteiger partial charge in [0.25, 0.3) is 10.0 Å². The van der Waals surface area contributed by atoms with Crippen LogP contribution in [0.25, 0.3) is 21.0 Å². The lowest BCUT2D eigenvalue weighted by molar-refractivity contribution is -0.128. The van der Waals surface area contributed by atoms with Gasteiger partial charge in [-0.3, -0.25) is 9.69 Å². The van der Waals surface area contributed by atoms with Crippen LogP contribution in [0.1, 0.15) is 18.4 Å². The second-order valence-electron chi connectivity index (χ2n) is 10.5. The number of nitrogen functional groups attached to an aromatic ring is 1. The summed E-state index contributed by atoms with van der Waals surface area (Å²) in [5.41, 5.74) is 7.68. The molecule has 2 saturated heterocycles. The number of amides is 1. The van der Waals surface area contributed by atoms with Crippen LogP contribution >= 0.6 is 22.9 Å².